The van der Waals surface area contributed by atoms with Crippen LogP contribution in [-0.2, 0) is 45.7 Å². The number of ether oxygens (including phenoxy) is 2. The lowest BCUT2D eigenvalue weighted by atomic mass is 10.8. The maximum atomic E-state index is 12.1. The number of methoxy groups -OCH3 is 2. The van der Waals surface area contributed by atoms with Gasteiger partial charge in [-0.3, -0.25) is 27.1 Å². The summed E-state index contributed by atoms with van der Waals surface area (Å²) in [6.45, 7) is -1.95. The highest BCUT2D eigenvalue weighted by Crippen LogP contribution is 2.51. The van der Waals surface area contributed by atoms with E-state index in [0.717, 1.165) is 0 Å². The van der Waals surface area contributed by atoms with E-state index < -0.39 is 15.6 Å². The summed E-state index contributed by atoms with van der Waals surface area (Å²) in [6, 6.07) is 0. The van der Waals surface area contributed by atoms with Gasteiger partial charge in [0.15, 0.2) is 13.6 Å². The molecule has 24 heavy (non-hydrogen) atoms. The second-order valence-corrected chi connectivity index (χ2v) is 6.93. The fourth-order valence-electron chi connectivity index (χ4n) is 0.989. The van der Waals surface area contributed by atoms with E-state index in [2.05, 4.69) is 21.3 Å². The van der Waals surface area contributed by atoms with Gasteiger partial charge in [-0.05, 0) is 0 Å². The van der Waals surface area contributed by atoms with E-state index in [1.807, 2.05) is 0 Å². The Balaban J connectivity index is 4.45. The molecule has 0 aromatic carbocycles. The van der Waals surface area contributed by atoms with Crippen molar-refractivity contribution in [2.24, 2.45) is 0 Å². The van der Waals surface area contributed by atoms with Crippen LogP contribution in [0.4, 0.5) is 0 Å². The Morgan fingerprint density at radius 3 is 1.38 bits per heavy atom. The lowest BCUT2D eigenvalue weighted by Gasteiger charge is -2.18. The van der Waals surface area contributed by atoms with E-state index in [1.54, 1.807) is 0 Å². The van der Waals surface area contributed by atoms with Crippen LogP contribution in [0.3, 0.4) is 0 Å². The van der Waals surface area contributed by atoms with Gasteiger partial charge in [0.2, 0.25) is 0 Å². The predicted molar refractivity (Wildman–Crippen MR) is 82.6 cm³/mol. The fraction of sp³-hybridized carbons (Fsp3) is 0.667. The topological polar surface area (TPSA) is 108 Å². The van der Waals surface area contributed by atoms with Crippen LogP contribution in [0.1, 0.15) is 0 Å². The first-order valence-corrected chi connectivity index (χ1v) is 9.29. The highest BCUT2D eigenvalue weighted by atomic mass is 31.2. The Morgan fingerprint density at radius 2 is 1.08 bits per heavy atom. The molecule has 0 saturated carbocycles. The van der Waals surface area contributed by atoms with Gasteiger partial charge in [-0.25, -0.2) is 9.13 Å². The summed E-state index contributed by atoms with van der Waals surface area (Å²) in [7, 11) is -5.26. The zero-order chi connectivity index (χ0) is 18.3. The number of phosphoric ester groups is 2. The zero-order valence-corrected chi connectivity index (χ0v) is 15.2. The van der Waals surface area contributed by atoms with Crippen LogP contribution in [0.15, 0.2) is 0 Å². The molecular weight excluding hydrogens is 366 g/mol. The van der Waals surface area contributed by atoms with Crippen molar-refractivity contribution in [3.8, 4) is 24.7 Å². The fourth-order valence-corrected chi connectivity index (χ4v) is 2.97. The molecule has 0 amide bonds. The lowest BCUT2D eigenvalue weighted by Crippen LogP contribution is -2.09. The molecule has 2 atom stereocenters. The Morgan fingerprint density at radius 1 is 0.708 bits per heavy atom. The Labute approximate surface area is 141 Å². The molecule has 12 heteroatoms. The minimum atomic E-state index is -3.95. The van der Waals surface area contributed by atoms with Gasteiger partial charge < -0.3 is 9.47 Å². The Kier molecular flexibility index (Phi) is 13.1. The third-order valence-electron chi connectivity index (χ3n) is 1.85. The molecule has 0 aliphatic heterocycles. The Hall–Kier alpha value is -0.740. The van der Waals surface area contributed by atoms with Gasteiger partial charge in [-0.2, -0.15) is 0 Å². The van der Waals surface area contributed by atoms with Crippen molar-refractivity contribution in [2.75, 3.05) is 54.2 Å². The van der Waals surface area contributed by atoms with Crippen molar-refractivity contribution < 1.29 is 45.7 Å². The summed E-state index contributed by atoms with van der Waals surface area (Å²) in [5.74, 6) is 4.23. The third kappa shape index (κ3) is 10.9. The van der Waals surface area contributed by atoms with E-state index >= 15 is 0 Å². The number of hydrogen-bond acceptors (Lipinski definition) is 10. The SMILES string of the molecule is C#CCOP(=O)(OCCOP(=O)(OCC#C)OCOC)OCOC. The summed E-state index contributed by atoms with van der Waals surface area (Å²) in [6.07, 6.45) is 10.0. The number of terminal acetylenes is 2. The molecule has 2 unspecified atom stereocenters. The molecule has 0 bridgehead atoms. The maximum absolute atomic E-state index is 12.1. The van der Waals surface area contributed by atoms with Crippen molar-refractivity contribution >= 4 is 15.6 Å². The monoisotopic (exact) mass is 386 g/mol. The van der Waals surface area contributed by atoms with E-state index in [1.165, 1.54) is 14.2 Å². The molecule has 138 valence electrons. The molecule has 0 spiro atoms. The molecule has 0 fully saturated rings. The predicted octanol–water partition coefficient (Wildman–Crippen LogP) is 1.78. The molecule has 0 saturated heterocycles. The van der Waals surface area contributed by atoms with E-state index in [4.69, 9.17) is 40.0 Å². The molecule has 0 rings (SSSR count). The molecule has 0 N–H and O–H groups in total. The molecular formula is C12H20O10P2. The van der Waals surface area contributed by atoms with Gasteiger partial charge in [-0.1, -0.05) is 11.8 Å². The normalized spacial score (nSPS) is 15.8. The molecule has 0 radical (unpaired) electrons. The lowest BCUT2D eigenvalue weighted by molar-refractivity contribution is -0.000708. The summed E-state index contributed by atoms with van der Waals surface area (Å²) in [5.41, 5.74) is 0. The van der Waals surface area contributed by atoms with Crippen molar-refractivity contribution in [3.05, 3.63) is 0 Å². The van der Waals surface area contributed by atoms with Gasteiger partial charge in [0.25, 0.3) is 0 Å². The van der Waals surface area contributed by atoms with Crippen LogP contribution in [0.2, 0.25) is 0 Å². The number of phosphoric acid groups is 2. The number of hydrogen-bond donors (Lipinski definition) is 0. The largest absolute Gasteiger partial charge is 0.477 e. The smallest absolute Gasteiger partial charge is 0.358 e. The molecule has 0 aromatic heterocycles. The van der Waals surface area contributed by atoms with Gasteiger partial charge >= 0.3 is 15.6 Å². The van der Waals surface area contributed by atoms with Gasteiger partial charge in [0.05, 0.1) is 13.2 Å². The highest BCUT2D eigenvalue weighted by molar-refractivity contribution is 7.48. The minimum Gasteiger partial charge on any atom is -0.358 e. The van der Waals surface area contributed by atoms with Crippen LogP contribution < -0.4 is 0 Å². The second kappa shape index (κ2) is 13.5. The minimum absolute atomic E-state index is 0.303. The molecule has 0 heterocycles. The summed E-state index contributed by atoms with van der Waals surface area (Å²) < 4.78 is 62.6. The van der Waals surface area contributed by atoms with Crippen LogP contribution in [-0.4, -0.2) is 54.2 Å². The molecule has 0 aliphatic carbocycles. The number of rotatable bonds is 15. The van der Waals surface area contributed by atoms with Gasteiger partial charge in [0.1, 0.15) is 13.2 Å². The van der Waals surface area contributed by atoms with Gasteiger partial charge in [-0.15, -0.1) is 12.8 Å². The van der Waals surface area contributed by atoms with Crippen LogP contribution in [0.25, 0.3) is 0 Å². The van der Waals surface area contributed by atoms with Crippen molar-refractivity contribution in [2.45, 2.75) is 0 Å². The van der Waals surface area contributed by atoms with E-state index in [9.17, 15) is 9.13 Å². The van der Waals surface area contributed by atoms with Crippen molar-refractivity contribution in [1.29, 1.82) is 0 Å². The average Bonchev–Trinajstić information content (AvgIpc) is 2.59. The van der Waals surface area contributed by atoms with Crippen molar-refractivity contribution in [1.82, 2.24) is 0 Å². The Bertz CT molecular complexity index is 463. The third-order valence-corrected chi connectivity index (χ3v) is 4.58. The van der Waals surface area contributed by atoms with E-state index in [0.29, 0.717) is 0 Å². The zero-order valence-electron chi connectivity index (χ0n) is 13.4. The highest BCUT2D eigenvalue weighted by Gasteiger charge is 2.29. The quantitative estimate of drug-likeness (QED) is 0.179. The molecule has 10 nitrogen and oxygen atoms in total. The van der Waals surface area contributed by atoms with Crippen LogP contribution >= 0.6 is 15.6 Å². The van der Waals surface area contributed by atoms with Crippen molar-refractivity contribution in [3.63, 3.8) is 0 Å². The first-order chi connectivity index (χ1) is 11.4. The average molecular weight is 386 g/mol. The summed E-state index contributed by atoms with van der Waals surface area (Å²) >= 11 is 0. The molecule has 0 aliphatic rings. The first kappa shape index (κ1) is 23.3. The summed E-state index contributed by atoms with van der Waals surface area (Å²) in [4.78, 5) is 0. The second-order valence-electron chi connectivity index (χ2n) is 3.59. The summed E-state index contributed by atoms with van der Waals surface area (Å²) in [5, 5.41) is 0. The van der Waals surface area contributed by atoms with Crippen LogP contribution in [0, 0.1) is 24.7 Å². The molecule has 0 aromatic rings. The maximum Gasteiger partial charge on any atom is 0.477 e. The standard InChI is InChI=1S/C12H20O10P2/c1-5-7-17-23(13,21-11-15-3)19-9-10-20-24(14,18-8-6-2)22-12-16-4/h1-2H,7-12H2,3-4H3. The van der Waals surface area contributed by atoms with E-state index in [-0.39, 0.29) is 40.0 Å². The van der Waals surface area contributed by atoms with Gasteiger partial charge in [0, 0.05) is 14.2 Å². The van der Waals surface area contributed by atoms with Crippen LogP contribution in [0.5, 0.6) is 0 Å². The first-order valence-electron chi connectivity index (χ1n) is 6.37.